The molecule has 3 fully saturated rings. The number of nitrogens with zero attached hydrogens (tertiary/aromatic N) is 1. The largest absolute Gasteiger partial charge is 0.397 e. The fourth-order valence-corrected chi connectivity index (χ4v) is 5.22. The summed E-state index contributed by atoms with van der Waals surface area (Å²) in [5.41, 5.74) is 11.0. The number of carbonyl (C=O) groups is 1. The van der Waals surface area contributed by atoms with Gasteiger partial charge in [0.25, 0.3) is 5.91 Å². The average molecular weight is 528 g/mol. The maximum atomic E-state index is 12.6. The summed E-state index contributed by atoms with van der Waals surface area (Å²) in [5, 5.41) is 20.5. The number of benzene rings is 3. The number of carbonyl (C=O) groups excluding carboxylic acids is 1. The summed E-state index contributed by atoms with van der Waals surface area (Å²) >= 11 is 0. The third-order valence-electron chi connectivity index (χ3n) is 7.90. The van der Waals surface area contributed by atoms with Crippen molar-refractivity contribution in [3.63, 3.8) is 0 Å². The Kier molecular flexibility index (Phi) is 7.52. The summed E-state index contributed by atoms with van der Waals surface area (Å²) < 4.78 is 5.78. The molecule has 2 aliphatic carbocycles. The van der Waals surface area contributed by atoms with Crippen molar-refractivity contribution < 1.29 is 14.6 Å². The highest BCUT2D eigenvalue weighted by Gasteiger charge is 2.39. The lowest BCUT2D eigenvalue weighted by Gasteiger charge is -2.17. The second-order valence-electron chi connectivity index (χ2n) is 11.1. The summed E-state index contributed by atoms with van der Waals surface area (Å²) in [5.74, 6) is 1.35. The molecule has 0 bridgehead atoms. The molecule has 1 aliphatic heterocycles. The number of nitrogens with one attached hydrogen (secondary N) is 3. The quantitative estimate of drug-likeness (QED) is 0.240. The van der Waals surface area contributed by atoms with Gasteiger partial charge in [-0.15, -0.1) is 0 Å². The second-order valence-corrected chi connectivity index (χ2v) is 11.1. The van der Waals surface area contributed by atoms with Gasteiger partial charge in [0.1, 0.15) is 0 Å². The maximum absolute atomic E-state index is 12.6. The number of hydrogen-bond acceptors (Lipinski definition) is 7. The Morgan fingerprint density at radius 3 is 2.51 bits per heavy atom. The Bertz CT molecular complexity index is 1280. The Labute approximate surface area is 229 Å². The highest BCUT2D eigenvalue weighted by Crippen LogP contribution is 2.42. The van der Waals surface area contributed by atoms with E-state index in [0.29, 0.717) is 48.5 Å². The van der Waals surface area contributed by atoms with E-state index < -0.39 is 6.41 Å². The number of amides is 1. The SMILES string of the molecule is Nc1ccccc1NC(=O)c1ccc(CN2CC(CNc3ccc(C4C[C@@H]4NCC4CC4)cc3)OC2O)cc1. The molecule has 6 rings (SSSR count). The summed E-state index contributed by atoms with van der Waals surface area (Å²) in [6.45, 7) is 2.93. The minimum absolute atomic E-state index is 0.125. The zero-order valence-electron chi connectivity index (χ0n) is 22.1. The maximum Gasteiger partial charge on any atom is 0.255 e. The van der Waals surface area contributed by atoms with E-state index >= 15 is 0 Å². The smallest absolute Gasteiger partial charge is 0.255 e. The van der Waals surface area contributed by atoms with E-state index in [1.807, 2.05) is 29.2 Å². The van der Waals surface area contributed by atoms with Gasteiger partial charge in [0.2, 0.25) is 6.41 Å². The van der Waals surface area contributed by atoms with Crippen LogP contribution in [0.25, 0.3) is 0 Å². The molecule has 3 aliphatic rings. The topological polar surface area (TPSA) is 112 Å². The molecule has 0 radical (unpaired) electrons. The van der Waals surface area contributed by atoms with Gasteiger partial charge in [-0.05, 0) is 79.3 Å². The van der Waals surface area contributed by atoms with Crippen LogP contribution >= 0.6 is 0 Å². The van der Waals surface area contributed by atoms with Crippen molar-refractivity contribution >= 4 is 23.0 Å². The molecular weight excluding hydrogens is 490 g/mol. The van der Waals surface area contributed by atoms with Gasteiger partial charge in [-0.1, -0.05) is 36.4 Å². The first-order valence-corrected chi connectivity index (χ1v) is 13.9. The minimum atomic E-state index is -0.960. The van der Waals surface area contributed by atoms with Crippen LogP contribution in [0.15, 0.2) is 72.8 Å². The third-order valence-corrected chi connectivity index (χ3v) is 7.90. The molecule has 1 amide bonds. The van der Waals surface area contributed by atoms with Crippen molar-refractivity contribution in [1.29, 1.82) is 0 Å². The van der Waals surface area contributed by atoms with Gasteiger partial charge in [0.05, 0.1) is 17.5 Å². The number of nitrogen functional groups attached to an aromatic ring is 1. The van der Waals surface area contributed by atoms with E-state index in [2.05, 4.69) is 40.2 Å². The Balaban J connectivity index is 0.948. The Hall–Kier alpha value is -3.43. The third kappa shape index (κ3) is 6.59. The standard InChI is InChI=1S/C31H37N5O3/c32-27-3-1-2-4-28(27)35-30(37)23-9-7-21(8-10-23)18-36-19-25(39-31(36)38)17-33-24-13-11-22(12-14-24)26-15-29(26)34-16-20-5-6-20/h1-4,7-14,20,25-26,29,31,33-34,38H,5-6,15-19,32H2,(H,35,37)/t25?,26?,29-,31?/m0/s1. The minimum Gasteiger partial charge on any atom is -0.397 e. The fraction of sp³-hybridized carbons (Fsp3) is 0.387. The van der Waals surface area contributed by atoms with E-state index in [1.54, 1.807) is 24.3 Å². The second kappa shape index (κ2) is 11.4. The molecule has 2 saturated carbocycles. The van der Waals surface area contributed by atoms with Crippen LogP contribution in [-0.2, 0) is 11.3 Å². The van der Waals surface area contributed by atoms with Crippen LogP contribution in [0.1, 0.15) is 46.7 Å². The summed E-state index contributed by atoms with van der Waals surface area (Å²) in [6.07, 6.45) is 2.94. The van der Waals surface area contributed by atoms with E-state index in [9.17, 15) is 9.90 Å². The molecule has 1 saturated heterocycles. The van der Waals surface area contributed by atoms with E-state index in [0.717, 1.165) is 17.2 Å². The van der Waals surface area contributed by atoms with Gasteiger partial charge in [-0.2, -0.15) is 0 Å². The van der Waals surface area contributed by atoms with Gasteiger partial charge in [0.15, 0.2) is 0 Å². The van der Waals surface area contributed by atoms with Crippen molar-refractivity contribution in [3.05, 3.63) is 89.5 Å². The molecule has 39 heavy (non-hydrogen) atoms. The number of aliphatic hydroxyl groups excluding tert-OH is 1. The molecule has 0 spiro atoms. The van der Waals surface area contributed by atoms with Crippen LogP contribution in [0, 0.1) is 5.92 Å². The number of hydrogen-bond donors (Lipinski definition) is 5. The summed E-state index contributed by atoms with van der Waals surface area (Å²) in [7, 11) is 0. The first-order chi connectivity index (χ1) is 19.0. The number of aliphatic hydroxyl groups is 1. The number of ether oxygens (including phenoxy) is 1. The lowest BCUT2D eigenvalue weighted by Crippen LogP contribution is -2.30. The molecule has 8 nitrogen and oxygen atoms in total. The van der Waals surface area contributed by atoms with E-state index in [4.69, 9.17) is 10.5 Å². The Morgan fingerprint density at radius 1 is 1.00 bits per heavy atom. The van der Waals surface area contributed by atoms with Gasteiger partial charge in [-0.25, -0.2) is 4.90 Å². The van der Waals surface area contributed by atoms with Gasteiger partial charge in [-0.3, -0.25) is 4.79 Å². The monoisotopic (exact) mass is 527 g/mol. The van der Waals surface area contributed by atoms with Gasteiger partial charge < -0.3 is 31.5 Å². The first-order valence-electron chi connectivity index (χ1n) is 13.9. The van der Waals surface area contributed by atoms with Crippen LogP contribution in [-0.4, -0.2) is 54.1 Å². The van der Waals surface area contributed by atoms with Crippen LogP contribution in [0.4, 0.5) is 17.1 Å². The zero-order valence-corrected chi connectivity index (χ0v) is 22.1. The lowest BCUT2D eigenvalue weighted by molar-refractivity contribution is -0.149. The number of para-hydroxylation sites is 2. The molecule has 3 unspecified atom stereocenters. The van der Waals surface area contributed by atoms with Crippen molar-refractivity contribution in [2.45, 2.75) is 50.3 Å². The fourth-order valence-electron chi connectivity index (χ4n) is 5.22. The molecular formula is C31H37N5O3. The highest BCUT2D eigenvalue weighted by atomic mass is 16.6. The average Bonchev–Trinajstić information content (AvgIpc) is 3.87. The first kappa shape index (κ1) is 25.8. The predicted molar refractivity (Wildman–Crippen MR) is 153 cm³/mol. The normalized spacial score (nSPS) is 24.4. The van der Waals surface area contributed by atoms with Crippen molar-refractivity contribution in [3.8, 4) is 0 Å². The summed E-state index contributed by atoms with van der Waals surface area (Å²) in [6, 6.07) is 23.9. The predicted octanol–water partition coefficient (Wildman–Crippen LogP) is 3.97. The molecule has 6 N–H and O–H groups in total. The molecule has 3 aromatic rings. The van der Waals surface area contributed by atoms with Crippen molar-refractivity contribution in [2.24, 2.45) is 5.92 Å². The van der Waals surface area contributed by atoms with Crippen LogP contribution in [0.2, 0.25) is 0 Å². The molecule has 4 atom stereocenters. The van der Waals surface area contributed by atoms with Crippen LogP contribution in [0.3, 0.4) is 0 Å². The van der Waals surface area contributed by atoms with E-state index in [1.165, 1.54) is 31.4 Å². The number of anilines is 3. The zero-order chi connectivity index (χ0) is 26.8. The highest BCUT2D eigenvalue weighted by molar-refractivity contribution is 6.05. The van der Waals surface area contributed by atoms with Crippen LogP contribution < -0.4 is 21.7 Å². The van der Waals surface area contributed by atoms with Gasteiger partial charge >= 0.3 is 0 Å². The molecule has 1 heterocycles. The molecule has 204 valence electrons. The summed E-state index contributed by atoms with van der Waals surface area (Å²) in [4.78, 5) is 14.5. The molecule has 0 aromatic heterocycles. The van der Waals surface area contributed by atoms with Crippen molar-refractivity contribution in [1.82, 2.24) is 10.2 Å². The van der Waals surface area contributed by atoms with E-state index in [-0.39, 0.29) is 12.0 Å². The molecule has 8 heteroatoms. The Morgan fingerprint density at radius 2 is 1.77 bits per heavy atom. The number of nitrogens with two attached hydrogens (primary N) is 1. The van der Waals surface area contributed by atoms with Crippen molar-refractivity contribution in [2.75, 3.05) is 36.0 Å². The molecule has 3 aromatic carbocycles. The van der Waals surface area contributed by atoms with Crippen LogP contribution in [0.5, 0.6) is 0 Å². The van der Waals surface area contributed by atoms with Gasteiger partial charge in [0, 0.05) is 42.8 Å². The lowest BCUT2D eigenvalue weighted by atomic mass is 10.1. The number of rotatable bonds is 11.